The third-order valence-corrected chi connectivity index (χ3v) is 3.68. The molecule has 1 aliphatic rings. The molecule has 0 spiro atoms. The first-order valence-electron chi connectivity index (χ1n) is 6.23. The van der Waals surface area contributed by atoms with Gasteiger partial charge in [0.1, 0.15) is 5.41 Å². The molecule has 0 saturated carbocycles. The molecule has 0 aromatic heterocycles. The Bertz CT molecular complexity index is 398. The van der Waals surface area contributed by atoms with Crippen molar-refractivity contribution < 1.29 is 24.3 Å². The first kappa shape index (κ1) is 15.1. The van der Waals surface area contributed by atoms with Crippen LogP contribution in [-0.4, -0.2) is 28.9 Å². The minimum absolute atomic E-state index is 0.110. The zero-order valence-electron chi connectivity index (χ0n) is 11.0. The molecule has 3 N–H and O–H groups in total. The van der Waals surface area contributed by atoms with Crippen LogP contribution < -0.4 is 10.6 Å². The molecule has 1 fully saturated rings. The predicted octanol–water partition coefficient (Wildman–Crippen LogP) is 0.640. The molecule has 1 atom stereocenters. The molecule has 7 heteroatoms. The maximum Gasteiger partial charge on any atom is 0.328 e. The molecule has 0 aliphatic carbocycles. The van der Waals surface area contributed by atoms with Gasteiger partial charge in [-0.1, -0.05) is 20.3 Å². The number of amides is 4. The van der Waals surface area contributed by atoms with E-state index in [2.05, 4.69) is 10.6 Å². The molecule has 0 aromatic rings. The van der Waals surface area contributed by atoms with Gasteiger partial charge in [0.2, 0.25) is 11.8 Å². The number of nitrogens with one attached hydrogen (secondary N) is 2. The maximum absolute atomic E-state index is 12.1. The minimum Gasteiger partial charge on any atom is -0.481 e. The summed E-state index contributed by atoms with van der Waals surface area (Å²) in [4.78, 5) is 45.8. The molecule has 19 heavy (non-hydrogen) atoms. The fraction of sp³-hybridized carbons (Fsp3) is 0.667. The van der Waals surface area contributed by atoms with Gasteiger partial charge in [-0.15, -0.1) is 0 Å². The summed E-state index contributed by atoms with van der Waals surface area (Å²) in [5, 5.41) is 12.8. The van der Waals surface area contributed by atoms with Crippen LogP contribution in [0.3, 0.4) is 0 Å². The van der Waals surface area contributed by atoms with Crippen LogP contribution in [0.15, 0.2) is 0 Å². The van der Waals surface area contributed by atoms with E-state index in [1.807, 2.05) is 6.92 Å². The second kappa shape index (κ2) is 5.81. The number of rotatable bonds is 6. The van der Waals surface area contributed by atoms with E-state index in [4.69, 9.17) is 5.11 Å². The van der Waals surface area contributed by atoms with Crippen LogP contribution in [0.5, 0.6) is 0 Å². The Balaban J connectivity index is 2.97. The molecular weight excluding hydrogens is 252 g/mol. The molecule has 4 amide bonds. The number of carbonyl (C=O) groups is 4. The van der Waals surface area contributed by atoms with Gasteiger partial charge in [-0.25, -0.2) is 4.79 Å². The smallest absolute Gasteiger partial charge is 0.328 e. The summed E-state index contributed by atoms with van der Waals surface area (Å²) in [6.07, 6.45) is 0.767. The lowest BCUT2D eigenvalue weighted by atomic mass is 9.69. The van der Waals surface area contributed by atoms with Crippen LogP contribution in [-0.2, 0) is 14.4 Å². The highest BCUT2D eigenvalue weighted by molar-refractivity contribution is 6.19. The van der Waals surface area contributed by atoms with Gasteiger partial charge in [0.25, 0.3) is 0 Å². The molecule has 106 valence electrons. The Hall–Kier alpha value is -1.92. The van der Waals surface area contributed by atoms with Crippen LogP contribution in [0.2, 0.25) is 0 Å². The van der Waals surface area contributed by atoms with E-state index in [1.54, 1.807) is 6.92 Å². The second-order valence-electron chi connectivity index (χ2n) is 4.77. The summed E-state index contributed by atoms with van der Waals surface area (Å²) in [6, 6.07) is -0.827. The maximum atomic E-state index is 12.1. The lowest BCUT2D eigenvalue weighted by Crippen LogP contribution is -2.64. The minimum atomic E-state index is -1.36. The molecule has 1 aliphatic heterocycles. The summed E-state index contributed by atoms with van der Waals surface area (Å²) in [5.74, 6) is -2.54. The summed E-state index contributed by atoms with van der Waals surface area (Å²) < 4.78 is 0. The Morgan fingerprint density at radius 3 is 2.21 bits per heavy atom. The number of carboxylic acid groups (broad SMARTS) is 1. The summed E-state index contributed by atoms with van der Waals surface area (Å²) in [5.41, 5.74) is -1.36. The second-order valence-corrected chi connectivity index (χ2v) is 4.77. The number of imide groups is 2. The van der Waals surface area contributed by atoms with Crippen LogP contribution >= 0.6 is 0 Å². The van der Waals surface area contributed by atoms with Gasteiger partial charge in [-0.05, 0) is 18.8 Å². The highest BCUT2D eigenvalue weighted by atomic mass is 16.4. The van der Waals surface area contributed by atoms with E-state index < -0.39 is 29.2 Å². The fourth-order valence-electron chi connectivity index (χ4n) is 2.35. The van der Waals surface area contributed by atoms with Crippen molar-refractivity contribution in [1.82, 2.24) is 10.6 Å². The average molecular weight is 270 g/mol. The van der Waals surface area contributed by atoms with Crippen molar-refractivity contribution >= 4 is 23.8 Å². The Kier molecular flexibility index (Phi) is 4.63. The fourth-order valence-corrected chi connectivity index (χ4v) is 2.35. The zero-order valence-corrected chi connectivity index (χ0v) is 11.0. The Morgan fingerprint density at radius 1 is 1.26 bits per heavy atom. The van der Waals surface area contributed by atoms with E-state index in [0.717, 1.165) is 0 Å². The van der Waals surface area contributed by atoms with E-state index in [0.29, 0.717) is 6.42 Å². The normalized spacial score (nSPS) is 19.6. The highest BCUT2D eigenvalue weighted by Gasteiger charge is 2.52. The van der Waals surface area contributed by atoms with Crippen molar-refractivity contribution in [3.8, 4) is 0 Å². The first-order valence-corrected chi connectivity index (χ1v) is 6.23. The number of carbonyl (C=O) groups excluding carboxylic acids is 3. The van der Waals surface area contributed by atoms with Crippen molar-refractivity contribution in [2.24, 2.45) is 11.3 Å². The number of hydrogen-bond donors (Lipinski definition) is 3. The number of urea groups is 1. The molecule has 7 nitrogen and oxygen atoms in total. The standard InChI is InChI=1S/C12H18N2O5/c1-3-7(2)12(6-4-5-8(15)16)9(17)13-11(19)14-10(12)18/h7H,3-6H2,1-2H3,(H,15,16)(H2,13,14,17,18,19). The van der Waals surface area contributed by atoms with E-state index in [-0.39, 0.29) is 25.2 Å². The molecule has 0 aromatic carbocycles. The van der Waals surface area contributed by atoms with E-state index >= 15 is 0 Å². The van der Waals surface area contributed by atoms with E-state index in [9.17, 15) is 19.2 Å². The summed E-state index contributed by atoms with van der Waals surface area (Å²) >= 11 is 0. The van der Waals surface area contributed by atoms with Crippen LogP contribution in [0.1, 0.15) is 39.5 Å². The third kappa shape index (κ3) is 2.91. The van der Waals surface area contributed by atoms with Crippen LogP contribution in [0.25, 0.3) is 0 Å². The molecule has 1 unspecified atom stereocenters. The molecule has 0 radical (unpaired) electrons. The average Bonchev–Trinajstić information content (AvgIpc) is 2.31. The topological polar surface area (TPSA) is 113 Å². The molecular formula is C12H18N2O5. The SMILES string of the molecule is CCC(C)C1(CCCC(=O)O)C(=O)NC(=O)NC1=O. The van der Waals surface area contributed by atoms with Gasteiger partial charge in [-0.2, -0.15) is 0 Å². The largest absolute Gasteiger partial charge is 0.481 e. The van der Waals surface area contributed by atoms with Crippen molar-refractivity contribution in [2.45, 2.75) is 39.5 Å². The molecule has 0 bridgehead atoms. The van der Waals surface area contributed by atoms with Gasteiger partial charge in [0.05, 0.1) is 0 Å². The zero-order chi connectivity index (χ0) is 14.6. The van der Waals surface area contributed by atoms with Crippen LogP contribution in [0.4, 0.5) is 4.79 Å². The Labute approximate surface area is 110 Å². The van der Waals surface area contributed by atoms with Gasteiger partial charge < -0.3 is 5.11 Å². The predicted molar refractivity (Wildman–Crippen MR) is 65.1 cm³/mol. The first-order chi connectivity index (χ1) is 8.84. The number of hydrogen-bond acceptors (Lipinski definition) is 4. The van der Waals surface area contributed by atoms with Crippen molar-refractivity contribution in [1.29, 1.82) is 0 Å². The summed E-state index contributed by atoms with van der Waals surface area (Å²) in [7, 11) is 0. The van der Waals surface area contributed by atoms with Gasteiger partial charge in [0.15, 0.2) is 0 Å². The van der Waals surface area contributed by atoms with Gasteiger partial charge in [0, 0.05) is 6.42 Å². The Morgan fingerprint density at radius 2 is 1.79 bits per heavy atom. The third-order valence-electron chi connectivity index (χ3n) is 3.68. The monoisotopic (exact) mass is 270 g/mol. The quantitative estimate of drug-likeness (QED) is 0.613. The van der Waals surface area contributed by atoms with Gasteiger partial charge in [-0.3, -0.25) is 25.0 Å². The van der Waals surface area contributed by atoms with Crippen molar-refractivity contribution in [2.75, 3.05) is 0 Å². The van der Waals surface area contributed by atoms with Gasteiger partial charge >= 0.3 is 12.0 Å². The molecule has 1 saturated heterocycles. The lowest BCUT2D eigenvalue weighted by Gasteiger charge is -2.38. The lowest BCUT2D eigenvalue weighted by molar-refractivity contribution is -0.150. The van der Waals surface area contributed by atoms with E-state index in [1.165, 1.54) is 0 Å². The highest BCUT2D eigenvalue weighted by Crippen LogP contribution is 2.37. The molecule has 1 heterocycles. The van der Waals surface area contributed by atoms with Crippen molar-refractivity contribution in [3.63, 3.8) is 0 Å². The number of barbiturate groups is 1. The van der Waals surface area contributed by atoms with Crippen molar-refractivity contribution in [3.05, 3.63) is 0 Å². The van der Waals surface area contributed by atoms with Crippen LogP contribution in [0, 0.1) is 11.3 Å². The number of aliphatic carboxylic acids is 1. The molecule has 1 rings (SSSR count). The summed E-state index contributed by atoms with van der Waals surface area (Å²) in [6.45, 7) is 3.58. The number of carboxylic acids is 1.